The largest absolute Gasteiger partial charge is 0.396 e. The first-order chi connectivity index (χ1) is 8.88. The van der Waals surface area contributed by atoms with Crippen LogP contribution < -0.4 is 5.73 Å². The van der Waals surface area contributed by atoms with E-state index < -0.39 is 5.41 Å². The molecule has 1 atom stereocenters. The Hall–Kier alpha value is -1.36. The molecular weight excluding hydrogens is 276 g/mol. The van der Waals surface area contributed by atoms with Crippen molar-refractivity contribution < 1.29 is 9.90 Å². The van der Waals surface area contributed by atoms with E-state index >= 15 is 0 Å². The Bertz CT molecular complexity index is 619. The molecule has 0 radical (unpaired) electrons. The minimum Gasteiger partial charge on any atom is -0.396 e. The number of halogens is 1. The minimum absolute atomic E-state index is 0. The smallest absolute Gasteiger partial charge is 0.227 e. The summed E-state index contributed by atoms with van der Waals surface area (Å²) in [4.78, 5) is 11.7. The third-order valence-corrected chi connectivity index (χ3v) is 3.67. The van der Waals surface area contributed by atoms with Gasteiger partial charge in [0.15, 0.2) is 0 Å². The molecule has 0 fully saturated rings. The number of benzene rings is 1. The first-order valence-electron chi connectivity index (χ1n) is 6.36. The average molecular weight is 297 g/mol. The van der Waals surface area contributed by atoms with Crippen LogP contribution in [0.25, 0.3) is 10.9 Å². The van der Waals surface area contributed by atoms with Crippen LogP contribution in [0.2, 0.25) is 0 Å². The lowest BCUT2D eigenvalue weighted by molar-refractivity contribution is 0.0941. The Morgan fingerprint density at radius 3 is 2.55 bits per heavy atom. The first kappa shape index (κ1) is 16.7. The number of fused-ring (bicyclic) bond motifs is 1. The summed E-state index contributed by atoms with van der Waals surface area (Å²) in [6, 6.07) is 7.35. The van der Waals surface area contributed by atoms with Gasteiger partial charge in [0.25, 0.3) is 0 Å². The molecular formula is C15H21ClN2O2. The molecule has 0 unspecified atom stereocenters. The van der Waals surface area contributed by atoms with Crippen LogP contribution in [0.5, 0.6) is 0 Å². The fraction of sp³-hybridized carbons (Fsp3) is 0.400. The molecule has 0 saturated heterocycles. The fourth-order valence-electron chi connectivity index (χ4n) is 2.23. The van der Waals surface area contributed by atoms with Crippen LogP contribution in [-0.2, 0) is 0 Å². The van der Waals surface area contributed by atoms with Gasteiger partial charge in [-0.05, 0) is 11.6 Å². The van der Waals surface area contributed by atoms with Crippen molar-refractivity contribution in [2.75, 3.05) is 6.61 Å². The Morgan fingerprint density at radius 1 is 1.40 bits per heavy atom. The molecule has 5 heteroatoms. The summed E-state index contributed by atoms with van der Waals surface area (Å²) in [5.74, 6) is -0.0449. The van der Waals surface area contributed by atoms with Crippen LogP contribution >= 0.6 is 12.4 Å². The van der Waals surface area contributed by atoms with Gasteiger partial charge in [-0.1, -0.05) is 32.0 Å². The van der Waals surface area contributed by atoms with E-state index in [0.717, 1.165) is 16.5 Å². The summed E-state index contributed by atoms with van der Waals surface area (Å²) < 4.78 is 1.61. The molecule has 1 aromatic heterocycles. The Kier molecular flexibility index (Phi) is 4.97. The summed E-state index contributed by atoms with van der Waals surface area (Å²) in [6.07, 6.45) is 1.79. The molecule has 1 aromatic carbocycles. The van der Waals surface area contributed by atoms with Crippen molar-refractivity contribution in [1.82, 2.24) is 4.57 Å². The van der Waals surface area contributed by atoms with Gasteiger partial charge >= 0.3 is 0 Å². The van der Waals surface area contributed by atoms with Crippen LogP contribution in [0, 0.1) is 5.41 Å². The summed E-state index contributed by atoms with van der Waals surface area (Å²) >= 11 is 0. The monoisotopic (exact) mass is 296 g/mol. The highest BCUT2D eigenvalue weighted by molar-refractivity contribution is 5.93. The molecule has 0 aliphatic rings. The van der Waals surface area contributed by atoms with E-state index in [4.69, 9.17) is 5.73 Å². The molecule has 3 N–H and O–H groups in total. The molecule has 0 aliphatic heterocycles. The third-order valence-electron chi connectivity index (χ3n) is 3.67. The quantitative estimate of drug-likeness (QED) is 0.915. The number of carbonyl (C=O) groups is 1. The summed E-state index contributed by atoms with van der Waals surface area (Å²) in [7, 11) is 0. The van der Waals surface area contributed by atoms with Crippen LogP contribution in [0.4, 0.5) is 0 Å². The number of aromatic nitrogens is 1. The second-order valence-corrected chi connectivity index (χ2v) is 5.61. The molecule has 2 aromatic rings. The van der Waals surface area contributed by atoms with Crippen molar-refractivity contribution in [3.05, 3.63) is 36.0 Å². The van der Waals surface area contributed by atoms with Crippen LogP contribution in [0.15, 0.2) is 30.5 Å². The molecule has 0 saturated carbocycles. The van der Waals surface area contributed by atoms with E-state index in [1.165, 1.54) is 6.92 Å². The molecule has 20 heavy (non-hydrogen) atoms. The van der Waals surface area contributed by atoms with Gasteiger partial charge in [0.05, 0.1) is 5.52 Å². The highest BCUT2D eigenvalue weighted by Crippen LogP contribution is 2.35. The minimum atomic E-state index is -0.439. The van der Waals surface area contributed by atoms with Gasteiger partial charge in [0.1, 0.15) is 0 Å². The molecule has 110 valence electrons. The number of aliphatic hydroxyl groups excluding tert-OH is 1. The number of hydrogen-bond donors (Lipinski definition) is 2. The van der Waals surface area contributed by atoms with Crippen molar-refractivity contribution in [3.63, 3.8) is 0 Å². The van der Waals surface area contributed by atoms with Gasteiger partial charge < -0.3 is 10.8 Å². The second-order valence-electron chi connectivity index (χ2n) is 5.61. The van der Waals surface area contributed by atoms with Gasteiger partial charge in [-0.25, -0.2) is 0 Å². The summed E-state index contributed by atoms with van der Waals surface area (Å²) in [6.45, 7) is 5.35. The molecule has 0 bridgehead atoms. The number of para-hydroxylation sites is 1. The zero-order valence-electron chi connectivity index (χ0n) is 12.0. The van der Waals surface area contributed by atoms with Gasteiger partial charge in [-0.15, -0.1) is 12.4 Å². The van der Waals surface area contributed by atoms with Gasteiger partial charge in [-0.2, -0.15) is 0 Å². The van der Waals surface area contributed by atoms with Crippen molar-refractivity contribution in [1.29, 1.82) is 0 Å². The van der Waals surface area contributed by atoms with E-state index in [9.17, 15) is 9.90 Å². The molecule has 4 nitrogen and oxygen atoms in total. The number of aliphatic hydroxyl groups is 1. The molecule has 0 amide bonds. The van der Waals surface area contributed by atoms with Gasteiger partial charge in [0.2, 0.25) is 5.91 Å². The SMILES string of the molecule is CC(=O)n1cc([C@H](N)C(C)(C)CO)c2ccccc21.Cl. The number of hydrogen-bond acceptors (Lipinski definition) is 3. The van der Waals surface area contributed by atoms with E-state index in [1.807, 2.05) is 38.1 Å². The lowest BCUT2D eigenvalue weighted by atomic mass is 9.82. The van der Waals surface area contributed by atoms with Crippen LogP contribution in [-0.4, -0.2) is 22.2 Å². The lowest BCUT2D eigenvalue weighted by Gasteiger charge is -2.29. The van der Waals surface area contributed by atoms with Crippen LogP contribution in [0.3, 0.4) is 0 Å². The normalized spacial score (nSPS) is 13.1. The molecule has 0 aliphatic carbocycles. The maximum absolute atomic E-state index is 11.7. The van der Waals surface area contributed by atoms with Crippen molar-refractivity contribution >= 4 is 29.2 Å². The van der Waals surface area contributed by atoms with Crippen LogP contribution in [0.1, 0.15) is 37.2 Å². The van der Waals surface area contributed by atoms with E-state index in [1.54, 1.807) is 10.8 Å². The van der Waals surface area contributed by atoms with Crippen molar-refractivity contribution in [2.45, 2.75) is 26.8 Å². The summed E-state index contributed by atoms with van der Waals surface area (Å²) in [5, 5.41) is 10.4. The molecule has 1 heterocycles. The second kappa shape index (κ2) is 5.95. The van der Waals surface area contributed by atoms with Crippen molar-refractivity contribution in [3.8, 4) is 0 Å². The Morgan fingerprint density at radius 2 is 2.00 bits per heavy atom. The average Bonchev–Trinajstić information content (AvgIpc) is 2.77. The lowest BCUT2D eigenvalue weighted by Crippen LogP contribution is -2.32. The highest BCUT2D eigenvalue weighted by atomic mass is 35.5. The first-order valence-corrected chi connectivity index (χ1v) is 6.36. The fourth-order valence-corrected chi connectivity index (χ4v) is 2.23. The van der Waals surface area contributed by atoms with E-state index in [-0.39, 0.29) is 31.0 Å². The highest BCUT2D eigenvalue weighted by Gasteiger charge is 2.29. The standard InChI is InChI=1S/C15H20N2O2.ClH/c1-10(19)17-8-12(14(16)15(2,3)9-18)11-6-4-5-7-13(11)17;/h4-8,14,18H,9,16H2,1-3H3;1H/t14-;/m0./s1. The Balaban J connectivity index is 0.00000200. The van der Waals surface area contributed by atoms with Crippen molar-refractivity contribution in [2.24, 2.45) is 11.1 Å². The zero-order chi connectivity index (χ0) is 14.2. The number of nitrogens with two attached hydrogens (primary N) is 1. The predicted octanol–water partition coefficient (Wildman–Crippen LogP) is 2.74. The number of nitrogens with zero attached hydrogens (tertiary/aromatic N) is 1. The molecule has 2 rings (SSSR count). The van der Waals surface area contributed by atoms with Gasteiger partial charge in [0, 0.05) is 36.6 Å². The van der Waals surface area contributed by atoms with E-state index in [0.29, 0.717) is 0 Å². The predicted molar refractivity (Wildman–Crippen MR) is 83.3 cm³/mol. The topological polar surface area (TPSA) is 68.2 Å². The molecule has 0 spiro atoms. The number of carbonyl (C=O) groups excluding carboxylic acids is 1. The summed E-state index contributed by atoms with van der Waals surface area (Å²) in [5.41, 5.74) is 7.59. The van der Waals surface area contributed by atoms with Gasteiger partial charge in [-0.3, -0.25) is 9.36 Å². The maximum Gasteiger partial charge on any atom is 0.227 e. The maximum atomic E-state index is 11.7. The van der Waals surface area contributed by atoms with E-state index in [2.05, 4.69) is 0 Å². The third kappa shape index (κ3) is 2.73. The Labute approximate surface area is 125 Å². The number of rotatable bonds is 3. The zero-order valence-corrected chi connectivity index (χ0v) is 12.8.